The second-order valence-corrected chi connectivity index (χ2v) is 7.73. The fourth-order valence-corrected chi connectivity index (χ4v) is 3.88. The first-order chi connectivity index (χ1) is 14.5. The SMILES string of the molecule is CCNC(=NCCc1c(C)noc1C)NC1CCCN(Cc2c(F)cccc2F)C1.I. The lowest BCUT2D eigenvalue weighted by Gasteiger charge is -2.34. The van der Waals surface area contributed by atoms with Crippen LogP contribution in [0.15, 0.2) is 27.7 Å². The van der Waals surface area contributed by atoms with Crippen LogP contribution in [0, 0.1) is 25.5 Å². The summed E-state index contributed by atoms with van der Waals surface area (Å²) < 4.78 is 33.2. The van der Waals surface area contributed by atoms with E-state index in [0.717, 1.165) is 55.3 Å². The second-order valence-electron chi connectivity index (χ2n) is 7.73. The molecule has 1 saturated heterocycles. The molecule has 0 amide bonds. The number of piperidine rings is 1. The quantitative estimate of drug-likeness (QED) is 0.313. The van der Waals surface area contributed by atoms with E-state index in [1.807, 2.05) is 20.8 Å². The summed E-state index contributed by atoms with van der Waals surface area (Å²) in [6, 6.07) is 4.20. The molecule has 1 aliphatic rings. The van der Waals surface area contributed by atoms with Crippen molar-refractivity contribution in [3.8, 4) is 0 Å². The monoisotopic (exact) mass is 547 g/mol. The Bertz CT molecular complexity index is 834. The molecule has 2 aromatic rings. The van der Waals surface area contributed by atoms with Crippen LogP contribution in [-0.4, -0.2) is 48.2 Å². The molecule has 0 spiro atoms. The molecular weight excluding hydrogens is 515 g/mol. The van der Waals surface area contributed by atoms with Crippen LogP contribution in [0.25, 0.3) is 0 Å². The number of halogens is 3. The molecule has 2 heterocycles. The summed E-state index contributed by atoms with van der Waals surface area (Å²) in [5, 5.41) is 10.8. The van der Waals surface area contributed by atoms with Crippen molar-refractivity contribution < 1.29 is 13.3 Å². The normalized spacial score (nSPS) is 17.3. The number of hydrogen-bond donors (Lipinski definition) is 2. The predicted molar refractivity (Wildman–Crippen MR) is 129 cm³/mol. The lowest BCUT2D eigenvalue weighted by molar-refractivity contribution is 0.188. The maximum absolute atomic E-state index is 14.0. The van der Waals surface area contributed by atoms with E-state index in [0.29, 0.717) is 13.1 Å². The highest BCUT2D eigenvalue weighted by atomic mass is 127. The van der Waals surface area contributed by atoms with E-state index in [2.05, 4.69) is 25.7 Å². The number of nitrogens with one attached hydrogen (secondary N) is 2. The summed E-state index contributed by atoms with van der Waals surface area (Å²) in [6.07, 6.45) is 2.72. The minimum atomic E-state index is -0.487. The van der Waals surface area contributed by atoms with Gasteiger partial charge in [-0.25, -0.2) is 8.78 Å². The number of benzene rings is 1. The van der Waals surface area contributed by atoms with Crippen molar-refractivity contribution in [3.63, 3.8) is 0 Å². The van der Waals surface area contributed by atoms with Gasteiger partial charge in [-0.05, 0) is 58.7 Å². The lowest BCUT2D eigenvalue weighted by atomic mass is 10.0. The van der Waals surface area contributed by atoms with E-state index in [1.54, 1.807) is 0 Å². The Balaban J connectivity index is 0.00000341. The number of aryl methyl sites for hydroxylation is 2. The summed E-state index contributed by atoms with van der Waals surface area (Å²) in [5.74, 6) is 0.621. The van der Waals surface area contributed by atoms with E-state index >= 15 is 0 Å². The number of hydrogen-bond acceptors (Lipinski definition) is 4. The lowest BCUT2D eigenvalue weighted by Crippen LogP contribution is -2.51. The molecule has 1 aromatic heterocycles. The maximum atomic E-state index is 14.0. The average Bonchev–Trinajstić information content (AvgIpc) is 3.03. The standard InChI is InChI=1S/C22H31F2N5O.HI/c1-4-25-22(26-11-10-18-15(2)28-30-16(18)3)27-17-7-6-12-29(13-17)14-19-20(23)8-5-9-21(19)24;/h5,8-9,17H,4,6-7,10-14H2,1-3H3,(H2,25,26,27);1H. The molecule has 0 aliphatic carbocycles. The van der Waals surface area contributed by atoms with Gasteiger partial charge < -0.3 is 15.2 Å². The zero-order chi connectivity index (χ0) is 21.5. The highest BCUT2D eigenvalue weighted by molar-refractivity contribution is 14.0. The fraction of sp³-hybridized carbons (Fsp3) is 0.545. The minimum absolute atomic E-state index is 0. The maximum Gasteiger partial charge on any atom is 0.191 e. The molecule has 172 valence electrons. The Morgan fingerprint density at radius 2 is 2.00 bits per heavy atom. The van der Waals surface area contributed by atoms with Crippen molar-refractivity contribution in [2.24, 2.45) is 4.99 Å². The average molecular weight is 547 g/mol. The van der Waals surface area contributed by atoms with Crippen LogP contribution in [0.5, 0.6) is 0 Å². The van der Waals surface area contributed by atoms with Gasteiger partial charge in [0.2, 0.25) is 0 Å². The number of aromatic nitrogens is 1. The molecule has 1 atom stereocenters. The van der Waals surface area contributed by atoms with Gasteiger partial charge in [0, 0.05) is 43.3 Å². The van der Waals surface area contributed by atoms with Gasteiger partial charge in [0.1, 0.15) is 17.4 Å². The van der Waals surface area contributed by atoms with E-state index in [9.17, 15) is 8.78 Å². The molecule has 0 radical (unpaired) electrons. The summed E-state index contributed by atoms with van der Waals surface area (Å²) in [5.41, 5.74) is 2.15. The van der Waals surface area contributed by atoms with Gasteiger partial charge in [-0.1, -0.05) is 11.2 Å². The highest BCUT2D eigenvalue weighted by Gasteiger charge is 2.22. The van der Waals surface area contributed by atoms with E-state index < -0.39 is 11.6 Å². The zero-order valence-electron chi connectivity index (χ0n) is 18.4. The van der Waals surface area contributed by atoms with Gasteiger partial charge in [-0.3, -0.25) is 9.89 Å². The molecule has 1 aliphatic heterocycles. The van der Waals surface area contributed by atoms with Gasteiger partial charge in [-0.2, -0.15) is 0 Å². The number of aliphatic imine (C=N–C) groups is 1. The summed E-state index contributed by atoms with van der Waals surface area (Å²) in [6.45, 7) is 9.07. The van der Waals surface area contributed by atoms with Crippen LogP contribution in [0.2, 0.25) is 0 Å². The van der Waals surface area contributed by atoms with Crippen LogP contribution < -0.4 is 10.6 Å². The molecule has 6 nitrogen and oxygen atoms in total. The van der Waals surface area contributed by atoms with Crippen molar-refractivity contribution in [1.29, 1.82) is 0 Å². The highest BCUT2D eigenvalue weighted by Crippen LogP contribution is 2.18. The second kappa shape index (κ2) is 12.3. The number of likely N-dealkylation sites (tertiary alicyclic amines) is 1. The van der Waals surface area contributed by atoms with Crippen molar-refractivity contribution in [1.82, 2.24) is 20.7 Å². The Kier molecular flexibility index (Phi) is 10.1. The topological polar surface area (TPSA) is 65.7 Å². The van der Waals surface area contributed by atoms with Gasteiger partial charge in [0.15, 0.2) is 5.96 Å². The van der Waals surface area contributed by atoms with Crippen LogP contribution in [0.1, 0.15) is 42.3 Å². The number of nitrogens with zero attached hydrogens (tertiary/aromatic N) is 3. The van der Waals surface area contributed by atoms with Crippen molar-refractivity contribution in [2.45, 2.75) is 52.6 Å². The molecule has 0 saturated carbocycles. The number of guanidine groups is 1. The van der Waals surface area contributed by atoms with Crippen LogP contribution in [0.4, 0.5) is 8.78 Å². The Morgan fingerprint density at radius 3 is 2.65 bits per heavy atom. The molecule has 9 heteroatoms. The third kappa shape index (κ3) is 7.13. The molecule has 1 aromatic carbocycles. The van der Waals surface area contributed by atoms with Gasteiger partial charge in [-0.15, -0.1) is 24.0 Å². The van der Waals surface area contributed by atoms with Crippen molar-refractivity contribution >= 4 is 29.9 Å². The molecule has 0 bridgehead atoms. The first-order valence-electron chi connectivity index (χ1n) is 10.6. The minimum Gasteiger partial charge on any atom is -0.361 e. The van der Waals surface area contributed by atoms with Crippen LogP contribution >= 0.6 is 24.0 Å². The van der Waals surface area contributed by atoms with Gasteiger partial charge >= 0.3 is 0 Å². The Labute approximate surface area is 199 Å². The number of rotatable bonds is 7. The van der Waals surface area contributed by atoms with Crippen LogP contribution in [0.3, 0.4) is 0 Å². The summed E-state index contributed by atoms with van der Waals surface area (Å²) >= 11 is 0. The van der Waals surface area contributed by atoms with Gasteiger partial charge in [0.05, 0.1) is 5.69 Å². The zero-order valence-corrected chi connectivity index (χ0v) is 20.7. The fourth-order valence-electron chi connectivity index (χ4n) is 3.88. The Morgan fingerprint density at radius 1 is 1.26 bits per heavy atom. The molecule has 1 fully saturated rings. The van der Waals surface area contributed by atoms with E-state index in [-0.39, 0.29) is 42.1 Å². The van der Waals surface area contributed by atoms with Gasteiger partial charge in [0.25, 0.3) is 0 Å². The third-order valence-electron chi connectivity index (χ3n) is 5.45. The Hall–Kier alpha value is -1.75. The molecule has 3 rings (SSSR count). The largest absolute Gasteiger partial charge is 0.361 e. The van der Waals surface area contributed by atoms with Crippen molar-refractivity contribution in [3.05, 3.63) is 52.4 Å². The molecular formula is C22H32F2IN5O. The van der Waals surface area contributed by atoms with Crippen LogP contribution in [-0.2, 0) is 13.0 Å². The molecule has 1 unspecified atom stereocenters. The first kappa shape index (κ1) is 25.5. The summed E-state index contributed by atoms with van der Waals surface area (Å²) in [7, 11) is 0. The van der Waals surface area contributed by atoms with E-state index in [1.165, 1.54) is 18.2 Å². The predicted octanol–water partition coefficient (Wildman–Crippen LogP) is 3.95. The van der Waals surface area contributed by atoms with Crippen molar-refractivity contribution in [2.75, 3.05) is 26.2 Å². The molecule has 2 N–H and O–H groups in total. The third-order valence-corrected chi connectivity index (χ3v) is 5.45. The smallest absolute Gasteiger partial charge is 0.191 e. The van der Waals surface area contributed by atoms with E-state index in [4.69, 9.17) is 4.52 Å². The first-order valence-corrected chi connectivity index (χ1v) is 10.6. The molecule has 31 heavy (non-hydrogen) atoms. The summed E-state index contributed by atoms with van der Waals surface area (Å²) in [4.78, 5) is 6.78.